The Morgan fingerprint density at radius 1 is 1.60 bits per heavy atom. The molecule has 1 atom stereocenters. The van der Waals surface area contributed by atoms with Crippen LogP contribution in [0.1, 0.15) is 25.5 Å². The first-order valence-electron chi connectivity index (χ1n) is 6.60. The molecule has 2 rings (SSSR count). The molecule has 6 heteroatoms. The molecule has 0 radical (unpaired) electrons. The van der Waals surface area contributed by atoms with Crippen LogP contribution in [-0.2, 0) is 11.2 Å². The third kappa shape index (κ3) is 3.91. The fourth-order valence-electron chi connectivity index (χ4n) is 1.88. The molecule has 0 aliphatic carbocycles. The minimum absolute atomic E-state index is 0.0273. The topological polar surface area (TPSA) is 75.4 Å². The number of nitrogens with one attached hydrogen (secondary N) is 1. The van der Waals surface area contributed by atoms with Crippen LogP contribution in [0.25, 0.3) is 10.6 Å². The summed E-state index contributed by atoms with van der Waals surface area (Å²) in [4.78, 5) is 16.3. The van der Waals surface area contributed by atoms with E-state index in [0.29, 0.717) is 6.42 Å². The molecule has 0 saturated carbocycles. The van der Waals surface area contributed by atoms with Crippen molar-refractivity contribution in [2.45, 2.75) is 32.2 Å². The molecule has 0 bridgehead atoms. The van der Waals surface area contributed by atoms with Gasteiger partial charge in [-0.05, 0) is 18.9 Å². The van der Waals surface area contributed by atoms with Crippen LogP contribution in [0.5, 0.6) is 0 Å². The van der Waals surface area contributed by atoms with Crippen molar-refractivity contribution in [1.82, 2.24) is 10.3 Å². The number of carbonyl (C=O) groups excluding carboxylic acids is 1. The SMILES string of the molecule is CCC(CCO)NC(=O)Cc1csc(-c2ccoc2)n1. The maximum absolute atomic E-state index is 11.9. The molecule has 2 N–H and O–H groups in total. The first kappa shape index (κ1) is 14.7. The summed E-state index contributed by atoms with van der Waals surface area (Å²) in [6.45, 7) is 2.07. The highest BCUT2D eigenvalue weighted by Gasteiger charge is 2.13. The smallest absolute Gasteiger partial charge is 0.226 e. The Balaban J connectivity index is 1.91. The van der Waals surface area contributed by atoms with Crippen molar-refractivity contribution < 1.29 is 14.3 Å². The van der Waals surface area contributed by atoms with Crippen LogP contribution >= 0.6 is 11.3 Å². The molecule has 0 spiro atoms. The highest BCUT2D eigenvalue weighted by atomic mass is 32.1. The molecule has 2 aromatic heterocycles. The Kier molecular flexibility index (Phi) is 5.31. The van der Waals surface area contributed by atoms with Crippen LogP contribution in [0.2, 0.25) is 0 Å². The number of furan rings is 1. The molecule has 5 nitrogen and oxygen atoms in total. The molecular weight excluding hydrogens is 276 g/mol. The summed E-state index contributed by atoms with van der Waals surface area (Å²) in [5.41, 5.74) is 1.68. The Morgan fingerprint density at radius 3 is 3.10 bits per heavy atom. The van der Waals surface area contributed by atoms with Gasteiger partial charge in [-0.15, -0.1) is 11.3 Å². The van der Waals surface area contributed by atoms with E-state index in [1.54, 1.807) is 12.5 Å². The number of carbonyl (C=O) groups is 1. The second-order valence-corrected chi connectivity index (χ2v) is 5.38. The third-order valence-corrected chi connectivity index (χ3v) is 3.94. The molecule has 0 saturated heterocycles. The third-order valence-electron chi connectivity index (χ3n) is 3.00. The van der Waals surface area contributed by atoms with Gasteiger partial charge in [-0.3, -0.25) is 4.79 Å². The molecule has 108 valence electrons. The predicted molar refractivity (Wildman–Crippen MR) is 77.4 cm³/mol. The van der Waals surface area contributed by atoms with Crippen LogP contribution in [0.3, 0.4) is 0 Å². The average Bonchev–Trinajstić information content (AvgIpc) is 3.08. The zero-order valence-electron chi connectivity index (χ0n) is 11.3. The number of aromatic nitrogens is 1. The van der Waals surface area contributed by atoms with Gasteiger partial charge in [0.2, 0.25) is 5.91 Å². The normalized spacial score (nSPS) is 12.3. The second kappa shape index (κ2) is 7.21. The highest BCUT2D eigenvalue weighted by Crippen LogP contribution is 2.24. The summed E-state index contributed by atoms with van der Waals surface area (Å²) in [7, 11) is 0. The molecule has 0 aliphatic rings. The van der Waals surface area contributed by atoms with E-state index in [2.05, 4.69) is 10.3 Å². The molecular formula is C14H18N2O3S. The summed E-state index contributed by atoms with van der Waals surface area (Å²) < 4.78 is 5.02. The van der Waals surface area contributed by atoms with E-state index >= 15 is 0 Å². The number of hydrogen-bond donors (Lipinski definition) is 2. The number of aliphatic hydroxyl groups is 1. The van der Waals surface area contributed by atoms with Gasteiger partial charge in [0.1, 0.15) is 11.3 Å². The van der Waals surface area contributed by atoms with Gasteiger partial charge in [0.25, 0.3) is 0 Å². The lowest BCUT2D eigenvalue weighted by atomic mass is 10.1. The van der Waals surface area contributed by atoms with Gasteiger partial charge in [0.05, 0.1) is 18.4 Å². The van der Waals surface area contributed by atoms with E-state index in [-0.39, 0.29) is 25.0 Å². The monoisotopic (exact) mass is 294 g/mol. The maximum Gasteiger partial charge on any atom is 0.226 e. The Morgan fingerprint density at radius 2 is 2.45 bits per heavy atom. The zero-order chi connectivity index (χ0) is 14.4. The van der Waals surface area contributed by atoms with Crippen LogP contribution in [0.4, 0.5) is 0 Å². The number of rotatable bonds is 7. The molecule has 20 heavy (non-hydrogen) atoms. The van der Waals surface area contributed by atoms with Crippen LogP contribution in [0.15, 0.2) is 28.4 Å². The van der Waals surface area contributed by atoms with Crippen LogP contribution in [-0.4, -0.2) is 28.6 Å². The standard InChI is InChI=1S/C14H18N2O3S/c1-2-11(3-5-17)15-13(18)7-12-9-20-14(16-12)10-4-6-19-8-10/h4,6,8-9,11,17H,2-3,5,7H2,1H3,(H,15,18). The fourth-order valence-corrected chi connectivity index (χ4v) is 2.69. The van der Waals surface area contributed by atoms with Crippen molar-refractivity contribution in [1.29, 1.82) is 0 Å². The first-order valence-corrected chi connectivity index (χ1v) is 7.48. The molecule has 1 unspecified atom stereocenters. The summed E-state index contributed by atoms with van der Waals surface area (Å²) in [5.74, 6) is -0.0608. The average molecular weight is 294 g/mol. The molecule has 0 fully saturated rings. The number of nitrogens with zero attached hydrogens (tertiary/aromatic N) is 1. The number of amides is 1. The molecule has 0 aromatic carbocycles. The molecule has 1 amide bonds. The maximum atomic E-state index is 11.9. The van der Waals surface area contributed by atoms with Gasteiger partial charge in [-0.1, -0.05) is 6.92 Å². The number of thiazole rings is 1. The van der Waals surface area contributed by atoms with Crippen molar-refractivity contribution in [2.24, 2.45) is 0 Å². The van der Waals surface area contributed by atoms with Crippen molar-refractivity contribution in [2.75, 3.05) is 6.61 Å². The lowest BCUT2D eigenvalue weighted by Crippen LogP contribution is -2.36. The lowest BCUT2D eigenvalue weighted by molar-refractivity contribution is -0.121. The molecule has 0 aliphatic heterocycles. The Labute approximate surface area is 121 Å². The fraction of sp³-hybridized carbons (Fsp3) is 0.429. The zero-order valence-corrected chi connectivity index (χ0v) is 12.2. The molecule has 2 heterocycles. The second-order valence-electron chi connectivity index (χ2n) is 4.52. The minimum Gasteiger partial charge on any atom is -0.472 e. The summed E-state index contributed by atoms with van der Waals surface area (Å²) >= 11 is 1.49. The van der Waals surface area contributed by atoms with Crippen molar-refractivity contribution in [3.8, 4) is 10.6 Å². The predicted octanol–water partition coefficient (Wildman–Crippen LogP) is 2.22. The molecule has 2 aromatic rings. The highest BCUT2D eigenvalue weighted by molar-refractivity contribution is 7.13. The van der Waals surface area contributed by atoms with E-state index in [1.165, 1.54) is 11.3 Å². The number of aliphatic hydroxyl groups excluding tert-OH is 1. The number of hydrogen-bond acceptors (Lipinski definition) is 5. The van der Waals surface area contributed by atoms with Crippen molar-refractivity contribution in [3.63, 3.8) is 0 Å². The Bertz CT molecular complexity index is 536. The van der Waals surface area contributed by atoms with E-state index in [4.69, 9.17) is 9.52 Å². The summed E-state index contributed by atoms with van der Waals surface area (Å²) in [5, 5.41) is 14.6. The van der Waals surface area contributed by atoms with Gasteiger partial charge in [-0.25, -0.2) is 4.98 Å². The van der Waals surface area contributed by atoms with E-state index in [1.807, 2.05) is 18.4 Å². The van der Waals surface area contributed by atoms with Crippen LogP contribution in [0, 0.1) is 0 Å². The summed E-state index contributed by atoms with van der Waals surface area (Å²) in [6.07, 6.45) is 4.89. The van der Waals surface area contributed by atoms with Gasteiger partial charge in [0.15, 0.2) is 0 Å². The van der Waals surface area contributed by atoms with Gasteiger partial charge in [-0.2, -0.15) is 0 Å². The van der Waals surface area contributed by atoms with Crippen LogP contribution < -0.4 is 5.32 Å². The van der Waals surface area contributed by atoms with Gasteiger partial charge >= 0.3 is 0 Å². The van der Waals surface area contributed by atoms with Crippen molar-refractivity contribution >= 4 is 17.2 Å². The largest absolute Gasteiger partial charge is 0.472 e. The van der Waals surface area contributed by atoms with E-state index in [9.17, 15) is 4.79 Å². The van der Waals surface area contributed by atoms with Crippen molar-refractivity contribution in [3.05, 3.63) is 29.7 Å². The van der Waals surface area contributed by atoms with E-state index < -0.39 is 0 Å². The first-order chi connectivity index (χ1) is 9.72. The van der Waals surface area contributed by atoms with Gasteiger partial charge in [0, 0.05) is 23.6 Å². The lowest BCUT2D eigenvalue weighted by Gasteiger charge is -2.15. The Hall–Kier alpha value is -1.66. The minimum atomic E-state index is -0.0608. The summed E-state index contributed by atoms with van der Waals surface area (Å²) in [6, 6.07) is 1.87. The quantitative estimate of drug-likeness (QED) is 0.821. The van der Waals surface area contributed by atoms with Gasteiger partial charge < -0.3 is 14.8 Å². The van der Waals surface area contributed by atoms with E-state index in [0.717, 1.165) is 22.7 Å².